The van der Waals surface area contributed by atoms with Gasteiger partial charge in [-0.15, -0.1) is 0 Å². The fraction of sp³-hybridized carbons (Fsp3) is 0.182. The van der Waals surface area contributed by atoms with E-state index in [-0.39, 0.29) is 11.7 Å². The van der Waals surface area contributed by atoms with Crippen LogP contribution < -0.4 is 0 Å². The number of imidazole rings is 1. The van der Waals surface area contributed by atoms with Crippen LogP contribution in [0.2, 0.25) is 0 Å². The molecule has 0 bridgehead atoms. The molecule has 0 aliphatic carbocycles. The van der Waals surface area contributed by atoms with Crippen LogP contribution in [0.15, 0.2) is 36.8 Å². The predicted octanol–water partition coefficient (Wildman–Crippen LogP) is 2.70. The van der Waals surface area contributed by atoms with E-state index >= 15 is 0 Å². The van der Waals surface area contributed by atoms with Gasteiger partial charge in [0.1, 0.15) is 5.82 Å². The molecule has 72 valence electrons. The lowest BCUT2D eigenvalue weighted by atomic mass is 9.98. The summed E-state index contributed by atoms with van der Waals surface area (Å²) in [6.45, 7) is 2.06. The Bertz CT molecular complexity index is 392. The topological polar surface area (TPSA) is 28.7 Å². The number of nitrogens with zero attached hydrogens (tertiary/aromatic N) is 1. The Hall–Kier alpha value is -1.64. The highest BCUT2D eigenvalue weighted by atomic mass is 19.1. The first kappa shape index (κ1) is 8.94. The third-order valence-electron chi connectivity index (χ3n) is 2.36. The molecule has 0 fully saturated rings. The Morgan fingerprint density at radius 1 is 1.29 bits per heavy atom. The highest BCUT2D eigenvalue weighted by molar-refractivity contribution is 5.26. The van der Waals surface area contributed by atoms with Crippen molar-refractivity contribution in [1.29, 1.82) is 0 Å². The number of hydrogen-bond donors (Lipinski definition) is 1. The van der Waals surface area contributed by atoms with E-state index in [1.54, 1.807) is 24.7 Å². The zero-order chi connectivity index (χ0) is 9.97. The van der Waals surface area contributed by atoms with Gasteiger partial charge in [0.25, 0.3) is 0 Å². The number of hydrogen-bond acceptors (Lipinski definition) is 1. The molecule has 2 nitrogen and oxygen atoms in total. The molecule has 2 aromatic rings. The van der Waals surface area contributed by atoms with Crippen LogP contribution >= 0.6 is 0 Å². The van der Waals surface area contributed by atoms with Crippen molar-refractivity contribution in [1.82, 2.24) is 9.97 Å². The average Bonchev–Trinajstić information content (AvgIpc) is 2.71. The number of rotatable bonds is 2. The van der Waals surface area contributed by atoms with Crippen molar-refractivity contribution in [3.8, 4) is 0 Å². The van der Waals surface area contributed by atoms with E-state index in [4.69, 9.17) is 0 Å². The molecule has 0 aliphatic heterocycles. The van der Waals surface area contributed by atoms with Gasteiger partial charge in [-0.1, -0.05) is 19.1 Å². The van der Waals surface area contributed by atoms with Gasteiger partial charge in [0.05, 0.1) is 6.33 Å². The first-order valence-electron chi connectivity index (χ1n) is 4.51. The SMILES string of the molecule is CC(c1ccc(F)cc1)c1cnc[nH]1. The minimum atomic E-state index is -0.203. The molecule has 2 rings (SSSR count). The van der Waals surface area contributed by atoms with Gasteiger partial charge in [-0.2, -0.15) is 0 Å². The second-order valence-electron chi connectivity index (χ2n) is 3.28. The summed E-state index contributed by atoms with van der Waals surface area (Å²) in [6.07, 6.45) is 3.43. The molecule has 0 amide bonds. The van der Waals surface area contributed by atoms with Crippen LogP contribution in [0, 0.1) is 5.82 Å². The Morgan fingerprint density at radius 2 is 2.00 bits per heavy atom. The maximum absolute atomic E-state index is 12.7. The Balaban J connectivity index is 2.28. The van der Waals surface area contributed by atoms with Crippen molar-refractivity contribution >= 4 is 0 Å². The van der Waals surface area contributed by atoms with Crippen LogP contribution in [0.4, 0.5) is 4.39 Å². The number of H-pyrrole nitrogens is 1. The Labute approximate surface area is 81.8 Å². The molecule has 14 heavy (non-hydrogen) atoms. The lowest BCUT2D eigenvalue weighted by molar-refractivity contribution is 0.626. The largest absolute Gasteiger partial charge is 0.348 e. The van der Waals surface area contributed by atoms with E-state index in [1.807, 2.05) is 0 Å². The number of benzene rings is 1. The van der Waals surface area contributed by atoms with Crippen LogP contribution in [-0.2, 0) is 0 Å². The second-order valence-corrected chi connectivity index (χ2v) is 3.28. The van der Waals surface area contributed by atoms with Gasteiger partial charge in [-0.05, 0) is 17.7 Å². The van der Waals surface area contributed by atoms with Crippen molar-refractivity contribution in [2.75, 3.05) is 0 Å². The lowest BCUT2D eigenvalue weighted by Crippen LogP contribution is -1.95. The van der Waals surface area contributed by atoms with Crippen molar-refractivity contribution in [3.05, 3.63) is 53.9 Å². The first-order chi connectivity index (χ1) is 6.77. The summed E-state index contributed by atoms with van der Waals surface area (Å²) in [5.74, 6) is 0.0173. The van der Waals surface area contributed by atoms with Gasteiger partial charge >= 0.3 is 0 Å². The van der Waals surface area contributed by atoms with Gasteiger partial charge in [0, 0.05) is 17.8 Å². The molecule has 1 N–H and O–H groups in total. The normalized spacial score (nSPS) is 12.7. The quantitative estimate of drug-likeness (QED) is 0.774. The van der Waals surface area contributed by atoms with E-state index < -0.39 is 0 Å². The van der Waals surface area contributed by atoms with Crippen LogP contribution in [0.5, 0.6) is 0 Å². The van der Waals surface area contributed by atoms with E-state index in [9.17, 15) is 4.39 Å². The third kappa shape index (κ3) is 1.66. The molecule has 0 radical (unpaired) electrons. The summed E-state index contributed by atoms with van der Waals surface area (Å²) in [5.41, 5.74) is 2.12. The molecule has 1 atom stereocenters. The molecular formula is C11H11FN2. The van der Waals surface area contributed by atoms with Gasteiger partial charge in [-0.3, -0.25) is 0 Å². The predicted molar refractivity (Wildman–Crippen MR) is 52.5 cm³/mol. The van der Waals surface area contributed by atoms with Crippen molar-refractivity contribution in [2.24, 2.45) is 0 Å². The number of halogens is 1. The molecule has 0 saturated carbocycles. The van der Waals surface area contributed by atoms with Crippen LogP contribution in [-0.4, -0.2) is 9.97 Å². The Kier molecular flexibility index (Phi) is 2.31. The average molecular weight is 190 g/mol. The first-order valence-corrected chi connectivity index (χ1v) is 4.51. The molecular weight excluding hydrogens is 179 g/mol. The van der Waals surface area contributed by atoms with Crippen molar-refractivity contribution in [3.63, 3.8) is 0 Å². The molecule has 0 saturated heterocycles. The summed E-state index contributed by atoms with van der Waals surface area (Å²) in [6, 6.07) is 6.53. The highest BCUT2D eigenvalue weighted by Gasteiger charge is 2.08. The minimum absolute atomic E-state index is 0.203. The van der Waals surface area contributed by atoms with Gasteiger partial charge in [0.15, 0.2) is 0 Å². The molecule has 1 heterocycles. The van der Waals surface area contributed by atoms with Crippen molar-refractivity contribution in [2.45, 2.75) is 12.8 Å². The zero-order valence-electron chi connectivity index (χ0n) is 7.87. The van der Waals surface area contributed by atoms with E-state index in [0.717, 1.165) is 11.3 Å². The van der Waals surface area contributed by atoms with Gasteiger partial charge in [0.2, 0.25) is 0 Å². The second kappa shape index (κ2) is 3.62. The van der Waals surface area contributed by atoms with Crippen LogP contribution in [0.25, 0.3) is 0 Å². The maximum Gasteiger partial charge on any atom is 0.123 e. The van der Waals surface area contributed by atoms with Crippen LogP contribution in [0.3, 0.4) is 0 Å². The molecule has 3 heteroatoms. The summed E-state index contributed by atoms with van der Waals surface area (Å²) in [4.78, 5) is 7.00. The summed E-state index contributed by atoms with van der Waals surface area (Å²) < 4.78 is 12.7. The standard InChI is InChI=1S/C11H11FN2/c1-8(11-6-13-7-14-11)9-2-4-10(12)5-3-9/h2-8H,1H3,(H,13,14). The smallest absolute Gasteiger partial charge is 0.123 e. The molecule has 0 spiro atoms. The number of nitrogens with one attached hydrogen (secondary N) is 1. The van der Waals surface area contributed by atoms with E-state index in [0.29, 0.717) is 0 Å². The Morgan fingerprint density at radius 3 is 2.57 bits per heavy atom. The van der Waals surface area contributed by atoms with E-state index in [2.05, 4.69) is 16.9 Å². The lowest BCUT2D eigenvalue weighted by Gasteiger charge is -2.08. The zero-order valence-corrected chi connectivity index (χ0v) is 7.87. The fourth-order valence-electron chi connectivity index (χ4n) is 1.43. The number of aromatic amines is 1. The van der Waals surface area contributed by atoms with Crippen LogP contribution in [0.1, 0.15) is 24.1 Å². The monoisotopic (exact) mass is 190 g/mol. The maximum atomic E-state index is 12.7. The van der Waals surface area contributed by atoms with Gasteiger partial charge < -0.3 is 4.98 Å². The minimum Gasteiger partial charge on any atom is -0.348 e. The third-order valence-corrected chi connectivity index (χ3v) is 2.36. The van der Waals surface area contributed by atoms with E-state index in [1.165, 1.54) is 12.1 Å². The molecule has 1 unspecified atom stereocenters. The van der Waals surface area contributed by atoms with Gasteiger partial charge in [-0.25, -0.2) is 9.37 Å². The summed E-state index contributed by atoms with van der Waals surface area (Å²) in [5, 5.41) is 0. The summed E-state index contributed by atoms with van der Waals surface area (Å²) in [7, 11) is 0. The number of aromatic nitrogens is 2. The molecule has 1 aromatic carbocycles. The molecule has 0 aliphatic rings. The fourth-order valence-corrected chi connectivity index (χ4v) is 1.43. The van der Waals surface area contributed by atoms with Crippen molar-refractivity contribution < 1.29 is 4.39 Å². The highest BCUT2D eigenvalue weighted by Crippen LogP contribution is 2.21. The summed E-state index contributed by atoms with van der Waals surface area (Å²) >= 11 is 0. The molecule has 1 aromatic heterocycles.